The fourth-order valence-electron chi connectivity index (χ4n) is 0.610. The van der Waals surface area contributed by atoms with Crippen LogP contribution in [0.25, 0.3) is 0 Å². The van der Waals surface area contributed by atoms with E-state index >= 15 is 0 Å². The van der Waals surface area contributed by atoms with Crippen LogP contribution in [0.15, 0.2) is 37.5 Å². The molecule has 0 saturated carbocycles. The Bertz CT molecular complexity index is 351. The van der Waals surface area contributed by atoms with Crippen molar-refractivity contribution in [3.8, 4) is 0 Å². The van der Waals surface area contributed by atoms with Crippen LogP contribution in [-0.4, -0.2) is 20.1 Å². The summed E-state index contributed by atoms with van der Waals surface area (Å²) in [6.07, 6.45) is 2.77. The molecule has 0 saturated heterocycles. The van der Waals surface area contributed by atoms with Gasteiger partial charge in [-0.3, -0.25) is 0 Å². The number of hydrogen-bond acceptors (Lipinski definition) is 4. The topological polar surface area (TPSA) is 60.4 Å². The number of carbonyl (C=O) groups excluding carboxylic acids is 1. The van der Waals surface area contributed by atoms with Gasteiger partial charge in [-0.2, -0.15) is 8.42 Å². The van der Waals surface area contributed by atoms with E-state index in [1.807, 2.05) is 0 Å². The third-order valence-corrected chi connectivity index (χ3v) is 2.25. The van der Waals surface area contributed by atoms with Crippen molar-refractivity contribution in [3.63, 3.8) is 0 Å². The molecule has 0 rings (SSSR count). The Hall–Kier alpha value is -1.36. The molecule has 0 amide bonds. The largest absolute Gasteiger partial charge is 0.349 e. The maximum atomic E-state index is 11.0. The normalized spacial score (nSPS) is 10.3. The summed E-state index contributed by atoms with van der Waals surface area (Å²) in [5.74, 6) is -1.35. The Labute approximate surface area is 83.7 Å². The highest BCUT2D eigenvalue weighted by atomic mass is 32.2. The molecule has 0 aliphatic heterocycles. The molecule has 0 bridgehead atoms. The van der Waals surface area contributed by atoms with Gasteiger partial charge in [-0.1, -0.05) is 18.7 Å². The molecular weight excluding hydrogens is 204 g/mol. The van der Waals surface area contributed by atoms with Crippen LogP contribution < -0.4 is 0 Å². The van der Waals surface area contributed by atoms with Gasteiger partial charge in [0.1, 0.15) is 5.75 Å². The molecule has 0 heterocycles. The van der Waals surface area contributed by atoms with E-state index in [0.717, 1.165) is 6.08 Å². The molecule has 0 aliphatic carbocycles. The van der Waals surface area contributed by atoms with Crippen molar-refractivity contribution < 1.29 is 17.4 Å². The summed E-state index contributed by atoms with van der Waals surface area (Å²) in [7, 11) is -3.86. The summed E-state index contributed by atoms with van der Waals surface area (Å²) in [5, 5.41) is 0. The molecule has 4 nitrogen and oxygen atoms in total. The third kappa shape index (κ3) is 4.61. The maximum Gasteiger partial charge on any atom is 0.349 e. The minimum absolute atomic E-state index is 0.0487. The van der Waals surface area contributed by atoms with E-state index in [9.17, 15) is 13.2 Å². The van der Waals surface area contributed by atoms with Gasteiger partial charge in [0.05, 0.1) is 0 Å². The fraction of sp³-hybridized carbons (Fsp3) is 0.222. The summed E-state index contributed by atoms with van der Waals surface area (Å²) in [6, 6.07) is 0. The molecule has 5 heteroatoms. The number of allylic oxidation sites excluding steroid dienone is 1. The summed E-state index contributed by atoms with van der Waals surface area (Å²) in [6.45, 7) is 9.96. The molecule has 0 aromatic carbocycles. The Morgan fingerprint density at radius 3 is 2.29 bits per heavy atom. The standard InChI is InChI=1S/C9H12O4S/c1-4-6-8(3)9(10)13-14(11,12)7-5-2/h4-5H,1-3,6-7H2. The number of hydrogen-bond donors (Lipinski definition) is 0. The molecule has 0 aromatic rings. The van der Waals surface area contributed by atoms with Gasteiger partial charge in [-0.05, 0) is 6.42 Å². The van der Waals surface area contributed by atoms with E-state index in [4.69, 9.17) is 0 Å². The quantitative estimate of drug-likeness (QED) is 0.380. The zero-order valence-electron chi connectivity index (χ0n) is 7.73. The van der Waals surface area contributed by atoms with Gasteiger partial charge in [0.15, 0.2) is 0 Å². The molecular formula is C9H12O4S. The number of carbonyl (C=O) groups is 1. The van der Waals surface area contributed by atoms with Gasteiger partial charge >= 0.3 is 16.1 Å². The van der Waals surface area contributed by atoms with Crippen LogP contribution in [0.5, 0.6) is 0 Å². The van der Waals surface area contributed by atoms with E-state index in [2.05, 4.69) is 23.9 Å². The lowest BCUT2D eigenvalue weighted by molar-refractivity contribution is -0.129. The van der Waals surface area contributed by atoms with Crippen molar-refractivity contribution in [2.45, 2.75) is 6.42 Å². The number of rotatable bonds is 6. The minimum atomic E-state index is -3.86. The first-order valence-electron chi connectivity index (χ1n) is 3.79. The van der Waals surface area contributed by atoms with E-state index in [0.29, 0.717) is 0 Å². The summed E-state index contributed by atoms with van der Waals surface area (Å²) >= 11 is 0. The third-order valence-electron chi connectivity index (χ3n) is 1.20. The average Bonchev–Trinajstić information content (AvgIpc) is 2.03. The fourth-order valence-corrected chi connectivity index (χ4v) is 1.32. The molecule has 0 aliphatic rings. The molecule has 0 atom stereocenters. The lowest BCUT2D eigenvalue weighted by Gasteiger charge is -2.03. The second-order valence-electron chi connectivity index (χ2n) is 2.48. The van der Waals surface area contributed by atoms with Crippen molar-refractivity contribution in [1.82, 2.24) is 0 Å². The van der Waals surface area contributed by atoms with Crippen LogP contribution >= 0.6 is 0 Å². The van der Waals surface area contributed by atoms with E-state index in [1.165, 1.54) is 6.08 Å². The molecule has 78 valence electrons. The smallest absolute Gasteiger partial charge is 0.341 e. The lowest BCUT2D eigenvalue weighted by Crippen LogP contribution is -2.16. The van der Waals surface area contributed by atoms with Crippen LogP contribution in [0, 0.1) is 0 Å². The van der Waals surface area contributed by atoms with Crippen molar-refractivity contribution in [2.24, 2.45) is 0 Å². The predicted molar refractivity (Wildman–Crippen MR) is 54.0 cm³/mol. The second kappa shape index (κ2) is 5.39. The molecule has 0 fully saturated rings. The first kappa shape index (κ1) is 12.6. The Balaban J connectivity index is 4.39. The summed E-state index contributed by atoms with van der Waals surface area (Å²) in [5.41, 5.74) is 0.0487. The zero-order chi connectivity index (χ0) is 11.2. The summed E-state index contributed by atoms with van der Waals surface area (Å²) in [4.78, 5) is 11.0. The highest BCUT2D eigenvalue weighted by Crippen LogP contribution is 2.05. The van der Waals surface area contributed by atoms with Gasteiger partial charge in [-0.15, -0.1) is 13.2 Å². The van der Waals surface area contributed by atoms with Gasteiger partial charge in [0.25, 0.3) is 0 Å². The van der Waals surface area contributed by atoms with Crippen molar-refractivity contribution in [2.75, 3.05) is 5.75 Å². The van der Waals surface area contributed by atoms with E-state index in [-0.39, 0.29) is 12.0 Å². The van der Waals surface area contributed by atoms with Crippen LogP contribution in [0.2, 0.25) is 0 Å². The molecule has 14 heavy (non-hydrogen) atoms. The molecule has 0 radical (unpaired) electrons. The van der Waals surface area contributed by atoms with Crippen LogP contribution in [0.4, 0.5) is 0 Å². The highest BCUT2D eigenvalue weighted by molar-refractivity contribution is 7.87. The van der Waals surface area contributed by atoms with Crippen LogP contribution in [0.1, 0.15) is 6.42 Å². The van der Waals surface area contributed by atoms with Crippen molar-refractivity contribution in [1.29, 1.82) is 0 Å². The van der Waals surface area contributed by atoms with Gasteiger partial charge in [0.2, 0.25) is 0 Å². The zero-order valence-corrected chi connectivity index (χ0v) is 8.55. The molecule has 0 unspecified atom stereocenters. The lowest BCUT2D eigenvalue weighted by atomic mass is 10.2. The SMILES string of the molecule is C=CCC(=C)C(=O)OS(=O)(=O)CC=C. The predicted octanol–water partition coefficient (Wildman–Crippen LogP) is 1.18. The minimum Gasteiger partial charge on any atom is -0.341 e. The second-order valence-corrected chi connectivity index (χ2v) is 4.10. The van der Waals surface area contributed by atoms with Crippen LogP contribution in [-0.2, 0) is 19.1 Å². The molecule has 0 spiro atoms. The average molecular weight is 216 g/mol. The molecule has 0 N–H and O–H groups in total. The monoisotopic (exact) mass is 216 g/mol. The Morgan fingerprint density at radius 2 is 1.86 bits per heavy atom. The van der Waals surface area contributed by atoms with Crippen LogP contribution in [0.3, 0.4) is 0 Å². The first-order valence-corrected chi connectivity index (χ1v) is 5.36. The highest BCUT2D eigenvalue weighted by Gasteiger charge is 2.16. The Morgan fingerprint density at radius 1 is 1.29 bits per heavy atom. The van der Waals surface area contributed by atoms with Crippen molar-refractivity contribution >= 4 is 16.1 Å². The maximum absolute atomic E-state index is 11.0. The van der Waals surface area contributed by atoms with Gasteiger partial charge < -0.3 is 4.18 Å². The summed E-state index contributed by atoms with van der Waals surface area (Å²) < 4.78 is 26.1. The molecule has 0 aromatic heterocycles. The van der Waals surface area contributed by atoms with Crippen molar-refractivity contribution in [3.05, 3.63) is 37.5 Å². The van der Waals surface area contributed by atoms with Gasteiger partial charge in [0, 0.05) is 5.57 Å². The van der Waals surface area contributed by atoms with E-state index in [1.54, 1.807) is 0 Å². The Kier molecular flexibility index (Phi) is 4.86. The van der Waals surface area contributed by atoms with E-state index < -0.39 is 21.8 Å². The first-order chi connectivity index (χ1) is 6.43. The van der Waals surface area contributed by atoms with Gasteiger partial charge in [-0.25, -0.2) is 4.79 Å².